The number of rotatable bonds is 2. The van der Waals surface area contributed by atoms with Gasteiger partial charge in [-0.25, -0.2) is 4.98 Å². The summed E-state index contributed by atoms with van der Waals surface area (Å²) in [7, 11) is 0. The standard InChI is InChI=1S/C13H12ClIN2O/c1-8-3-9(2)5-10(4-8)6-17-7-16-12(14)11(15)13(17)18/h3-5,7H,6H2,1-2H3. The lowest BCUT2D eigenvalue weighted by Gasteiger charge is -2.08. The summed E-state index contributed by atoms with van der Waals surface area (Å²) < 4.78 is 2.03. The van der Waals surface area contributed by atoms with Gasteiger partial charge in [0.1, 0.15) is 8.72 Å². The number of hydrogen-bond acceptors (Lipinski definition) is 2. The molecule has 0 amide bonds. The molecule has 0 unspecified atom stereocenters. The van der Waals surface area contributed by atoms with Crippen LogP contribution in [0.3, 0.4) is 0 Å². The Hall–Kier alpha value is -0.880. The van der Waals surface area contributed by atoms with Gasteiger partial charge >= 0.3 is 0 Å². The maximum absolute atomic E-state index is 12.0. The lowest BCUT2D eigenvalue weighted by atomic mass is 10.1. The molecule has 5 heteroatoms. The normalized spacial score (nSPS) is 10.7. The number of benzene rings is 1. The van der Waals surface area contributed by atoms with E-state index in [0.717, 1.165) is 5.56 Å². The summed E-state index contributed by atoms with van der Waals surface area (Å²) in [5, 5.41) is 0.261. The Labute approximate surface area is 124 Å². The third kappa shape index (κ3) is 2.92. The molecule has 0 bridgehead atoms. The number of hydrogen-bond donors (Lipinski definition) is 0. The Morgan fingerprint density at radius 3 is 2.50 bits per heavy atom. The molecule has 1 aromatic carbocycles. The van der Waals surface area contributed by atoms with E-state index in [2.05, 4.69) is 23.2 Å². The van der Waals surface area contributed by atoms with Crippen molar-refractivity contribution in [1.29, 1.82) is 0 Å². The van der Waals surface area contributed by atoms with Crippen molar-refractivity contribution in [3.05, 3.63) is 60.3 Å². The summed E-state index contributed by atoms with van der Waals surface area (Å²) in [6.07, 6.45) is 1.49. The van der Waals surface area contributed by atoms with Gasteiger partial charge in [-0.05, 0) is 42.0 Å². The molecule has 1 aromatic heterocycles. The van der Waals surface area contributed by atoms with E-state index in [9.17, 15) is 4.79 Å². The minimum Gasteiger partial charge on any atom is -0.294 e. The van der Waals surface area contributed by atoms with Crippen molar-refractivity contribution in [2.24, 2.45) is 0 Å². The maximum Gasteiger partial charge on any atom is 0.268 e. The second-order valence-electron chi connectivity index (χ2n) is 4.28. The van der Waals surface area contributed by atoms with E-state index < -0.39 is 0 Å². The quantitative estimate of drug-likeness (QED) is 0.598. The van der Waals surface area contributed by atoms with E-state index in [1.165, 1.54) is 17.5 Å². The molecule has 0 fully saturated rings. The molecule has 94 valence electrons. The van der Waals surface area contributed by atoms with Crippen LogP contribution in [0, 0.1) is 17.4 Å². The zero-order valence-corrected chi connectivity index (χ0v) is 13.0. The van der Waals surface area contributed by atoms with Crippen molar-refractivity contribution < 1.29 is 0 Å². The second-order valence-corrected chi connectivity index (χ2v) is 5.72. The first-order valence-electron chi connectivity index (χ1n) is 5.45. The van der Waals surface area contributed by atoms with Crippen molar-refractivity contribution in [3.8, 4) is 0 Å². The van der Waals surface area contributed by atoms with Gasteiger partial charge in [0.05, 0.1) is 12.9 Å². The first-order chi connectivity index (χ1) is 8.47. The Balaban J connectivity index is 2.40. The largest absolute Gasteiger partial charge is 0.294 e. The van der Waals surface area contributed by atoms with Gasteiger partial charge in [0.2, 0.25) is 0 Å². The summed E-state index contributed by atoms with van der Waals surface area (Å²) in [4.78, 5) is 16.0. The molecule has 18 heavy (non-hydrogen) atoms. The average Bonchev–Trinajstić information content (AvgIpc) is 2.29. The highest BCUT2D eigenvalue weighted by atomic mass is 127. The van der Waals surface area contributed by atoms with E-state index in [4.69, 9.17) is 11.6 Å². The van der Waals surface area contributed by atoms with Crippen molar-refractivity contribution in [2.45, 2.75) is 20.4 Å². The third-order valence-electron chi connectivity index (χ3n) is 2.57. The molecule has 3 nitrogen and oxygen atoms in total. The monoisotopic (exact) mass is 374 g/mol. The lowest BCUT2D eigenvalue weighted by molar-refractivity contribution is 0.729. The van der Waals surface area contributed by atoms with Crippen molar-refractivity contribution >= 4 is 34.2 Å². The van der Waals surface area contributed by atoms with Gasteiger partial charge in [0.15, 0.2) is 0 Å². The number of halogens is 2. The molecule has 2 rings (SSSR count). The van der Waals surface area contributed by atoms with Crippen LogP contribution in [0.15, 0.2) is 29.3 Å². The van der Waals surface area contributed by atoms with E-state index in [0.29, 0.717) is 10.1 Å². The fourth-order valence-electron chi connectivity index (χ4n) is 1.91. The molecule has 0 saturated heterocycles. The summed E-state index contributed by atoms with van der Waals surface area (Å²) in [5.74, 6) is 0. The van der Waals surface area contributed by atoms with Gasteiger partial charge in [-0.15, -0.1) is 0 Å². The molecule has 2 aromatic rings. The summed E-state index contributed by atoms with van der Waals surface area (Å²) in [5.41, 5.74) is 3.37. The Kier molecular flexibility index (Phi) is 4.07. The highest BCUT2D eigenvalue weighted by Gasteiger charge is 2.07. The smallest absolute Gasteiger partial charge is 0.268 e. The molecular weight excluding hydrogens is 363 g/mol. The lowest BCUT2D eigenvalue weighted by Crippen LogP contribution is -2.23. The van der Waals surface area contributed by atoms with E-state index >= 15 is 0 Å². The molecule has 1 heterocycles. The fraction of sp³-hybridized carbons (Fsp3) is 0.231. The Morgan fingerprint density at radius 2 is 1.89 bits per heavy atom. The third-order valence-corrected chi connectivity index (χ3v) is 4.15. The average molecular weight is 375 g/mol. The molecule has 0 atom stereocenters. The van der Waals surface area contributed by atoms with Gasteiger partial charge in [-0.1, -0.05) is 40.9 Å². The van der Waals surface area contributed by atoms with Crippen molar-refractivity contribution in [3.63, 3.8) is 0 Å². The molecule has 0 radical (unpaired) electrons. The second kappa shape index (κ2) is 5.40. The van der Waals surface area contributed by atoms with Crippen LogP contribution < -0.4 is 5.56 Å². The predicted octanol–water partition coefficient (Wildman–Crippen LogP) is 3.17. The van der Waals surface area contributed by atoms with Gasteiger partial charge in [-0.3, -0.25) is 9.36 Å². The SMILES string of the molecule is Cc1cc(C)cc(Cn2cnc(Cl)c(I)c2=O)c1. The molecule has 0 aliphatic rings. The summed E-state index contributed by atoms with van der Waals surface area (Å²) in [6, 6.07) is 6.25. The van der Waals surface area contributed by atoms with Gasteiger partial charge in [0, 0.05) is 0 Å². The number of aryl methyl sites for hydroxylation is 2. The minimum absolute atomic E-state index is 0.102. The minimum atomic E-state index is -0.102. The van der Waals surface area contributed by atoms with Gasteiger partial charge in [0.25, 0.3) is 5.56 Å². The fourth-order valence-corrected chi connectivity index (χ4v) is 2.49. The highest BCUT2D eigenvalue weighted by Crippen LogP contribution is 2.12. The first kappa shape index (κ1) is 13.5. The maximum atomic E-state index is 12.0. The van der Waals surface area contributed by atoms with Crippen molar-refractivity contribution in [1.82, 2.24) is 9.55 Å². The number of aromatic nitrogens is 2. The van der Waals surface area contributed by atoms with E-state index in [-0.39, 0.29) is 10.7 Å². The summed E-state index contributed by atoms with van der Waals surface area (Å²) in [6.45, 7) is 4.60. The van der Waals surface area contributed by atoms with Crippen LogP contribution in [-0.2, 0) is 6.54 Å². The number of nitrogens with zero attached hydrogens (tertiary/aromatic N) is 2. The molecule has 0 aliphatic carbocycles. The molecular formula is C13H12ClIN2O. The Morgan fingerprint density at radius 1 is 1.28 bits per heavy atom. The van der Waals surface area contributed by atoms with Gasteiger partial charge < -0.3 is 0 Å². The molecule has 0 aliphatic heterocycles. The van der Waals surface area contributed by atoms with Crippen LogP contribution in [0.1, 0.15) is 16.7 Å². The zero-order chi connectivity index (χ0) is 13.3. The topological polar surface area (TPSA) is 34.9 Å². The zero-order valence-electron chi connectivity index (χ0n) is 10.1. The summed E-state index contributed by atoms with van der Waals surface area (Å²) >= 11 is 7.73. The Bertz CT molecular complexity index is 632. The highest BCUT2D eigenvalue weighted by molar-refractivity contribution is 14.1. The van der Waals surface area contributed by atoms with Crippen LogP contribution in [-0.4, -0.2) is 9.55 Å². The molecule has 0 spiro atoms. The van der Waals surface area contributed by atoms with E-state index in [1.54, 1.807) is 4.57 Å². The van der Waals surface area contributed by atoms with E-state index in [1.807, 2.05) is 36.4 Å². The molecule has 0 saturated carbocycles. The van der Waals surface area contributed by atoms with Gasteiger partial charge in [-0.2, -0.15) is 0 Å². The van der Waals surface area contributed by atoms with Crippen LogP contribution in [0.25, 0.3) is 0 Å². The van der Waals surface area contributed by atoms with Crippen LogP contribution in [0.5, 0.6) is 0 Å². The van der Waals surface area contributed by atoms with Crippen molar-refractivity contribution in [2.75, 3.05) is 0 Å². The van der Waals surface area contributed by atoms with Crippen LogP contribution >= 0.6 is 34.2 Å². The van der Waals surface area contributed by atoms with Crippen LogP contribution in [0.4, 0.5) is 0 Å². The predicted molar refractivity (Wildman–Crippen MR) is 81.2 cm³/mol. The first-order valence-corrected chi connectivity index (χ1v) is 6.90. The molecule has 0 N–H and O–H groups in total. The van der Waals surface area contributed by atoms with Crippen LogP contribution in [0.2, 0.25) is 5.15 Å².